The fourth-order valence-electron chi connectivity index (χ4n) is 1.61. The molecule has 2 unspecified atom stereocenters. The number of hydrogen-bond donors (Lipinski definition) is 1. The van der Waals surface area contributed by atoms with Crippen LogP contribution in [0.5, 0.6) is 0 Å². The second-order valence-corrected chi connectivity index (χ2v) is 5.16. The predicted molar refractivity (Wildman–Crippen MR) is 73.7 cm³/mol. The van der Waals surface area contributed by atoms with E-state index in [1.807, 2.05) is 11.1 Å². The first-order chi connectivity index (χ1) is 7.99. The molecular weight excluding hydrogens is 278 g/mol. The molecule has 1 rings (SSSR count). The van der Waals surface area contributed by atoms with Gasteiger partial charge in [0, 0.05) is 18.4 Å². The van der Waals surface area contributed by atoms with Gasteiger partial charge in [0.2, 0.25) is 0 Å². The molecule has 0 saturated heterocycles. The van der Waals surface area contributed by atoms with Crippen LogP contribution in [0.4, 0.5) is 0 Å². The topological polar surface area (TPSA) is 39.1 Å². The van der Waals surface area contributed by atoms with Crippen molar-refractivity contribution >= 4 is 15.9 Å². The van der Waals surface area contributed by atoms with Gasteiger partial charge in [-0.05, 0) is 21.8 Å². The van der Waals surface area contributed by atoms with Gasteiger partial charge in [-0.1, -0.05) is 33.4 Å². The van der Waals surface area contributed by atoms with E-state index < -0.39 is 0 Å². The lowest BCUT2D eigenvalue weighted by Gasteiger charge is -2.32. The van der Waals surface area contributed by atoms with Crippen molar-refractivity contribution in [2.24, 2.45) is 11.8 Å². The van der Waals surface area contributed by atoms with E-state index in [-0.39, 0.29) is 5.92 Å². The van der Waals surface area contributed by atoms with Gasteiger partial charge in [0.15, 0.2) is 0 Å². The summed E-state index contributed by atoms with van der Waals surface area (Å²) in [6, 6.07) is 2.37. The predicted octanol–water partition coefficient (Wildman–Crippen LogP) is 3.30. The second kappa shape index (κ2) is 5.92. The molecular formula is C13H18BrN3. The van der Waals surface area contributed by atoms with Crippen molar-refractivity contribution in [1.82, 2.24) is 10.2 Å². The monoisotopic (exact) mass is 295 g/mol. The standard InChI is InChI=1S/C13H18BrN3/c1-5-9(2)12(6-15)7-17-8-13(14)10(3)16-11(17)4/h8-9,12,16H,3-5,7H2,1-2H3. The molecule has 0 aromatic heterocycles. The van der Waals surface area contributed by atoms with Gasteiger partial charge in [-0.25, -0.2) is 0 Å². The van der Waals surface area contributed by atoms with E-state index in [1.54, 1.807) is 0 Å². The van der Waals surface area contributed by atoms with Crippen LogP contribution in [0.3, 0.4) is 0 Å². The zero-order chi connectivity index (χ0) is 13.0. The molecule has 2 atom stereocenters. The number of halogens is 1. The van der Waals surface area contributed by atoms with Crippen molar-refractivity contribution in [1.29, 1.82) is 5.26 Å². The van der Waals surface area contributed by atoms with E-state index in [0.717, 1.165) is 22.4 Å². The van der Waals surface area contributed by atoms with Crippen molar-refractivity contribution in [2.45, 2.75) is 20.3 Å². The molecule has 92 valence electrons. The van der Waals surface area contributed by atoms with Crippen LogP contribution in [0.1, 0.15) is 20.3 Å². The molecule has 0 aromatic carbocycles. The Bertz CT molecular complexity index is 392. The van der Waals surface area contributed by atoms with Gasteiger partial charge < -0.3 is 10.2 Å². The number of rotatable bonds is 4. The minimum atomic E-state index is 0.00136. The van der Waals surface area contributed by atoms with Gasteiger partial charge in [0.05, 0.1) is 16.5 Å². The zero-order valence-electron chi connectivity index (χ0n) is 10.3. The molecule has 0 fully saturated rings. The maximum Gasteiger partial charge on any atom is 0.102 e. The minimum absolute atomic E-state index is 0.00136. The SMILES string of the molecule is C=C1NC(=C)N(CC(C#N)C(C)CC)C=C1Br. The first-order valence-electron chi connectivity index (χ1n) is 5.68. The highest BCUT2D eigenvalue weighted by atomic mass is 79.9. The Labute approximate surface area is 112 Å². The first kappa shape index (κ1) is 13.9. The molecule has 0 saturated carbocycles. The number of nitrogens with one attached hydrogen (secondary N) is 1. The summed E-state index contributed by atoms with van der Waals surface area (Å²) in [7, 11) is 0. The largest absolute Gasteiger partial charge is 0.342 e. The van der Waals surface area contributed by atoms with Crippen molar-refractivity contribution < 1.29 is 0 Å². The average Bonchev–Trinajstić information content (AvgIpc) is 2.31. The van der Waals surface area contributed by atoms with Crippen molar-refractivity contribution in [3.05, 3.63) is 35.4 Å². The third-order valence-electron chi connectivity index (χ3n) is 3.09. The highest BCUT2D eigenvalue weighted by Gasteiger charge is 2.22. The van der Waals surface area contributed by atoms with E-state index in [2.05, 4.69) is 54.3 Å². The Morgan fingerprint density at radius 3 is 2.76 bits per heavy atom. The van der Waals surface area contributed by atoms with Crippen LogP contribution in [-0.2, 0) is 0 Å². The Kier molecular flexibility index (Phi) is 4.83. The van der Waals surface area contributed by atoms with Crippen molar-refractivity contribution in [2.75, 3.05) is 6.54 Å². The Balaban J connectivity index is 2.77. The van der Waals surface area contributed by atoms with Crippen LogP contribution in [-0.4, -0.2) is 11.4 Å². The molecule has 1 heterocycles. The van der Waals surface area contributed by atoms with Gasteiger partial charge in [-0.2, -0.15) is 5.26 Å². The quantitative estimate of drug-likeness (QED) is 0.865. The van der Waals surface area contributed by atoms with Gasteiger partial charge >= 0.3 is 0 Å². The molecule has 0 bridgehead atoms. The first-order valence-corrected chi connectivity index (χ1v) is 6.47. The summed E-state index contributed by atoms with van der Waals surface area (Å²) in [6.07, 6.45) is 2.93. The average molecular weight is 296 g/mol. The molecule has 0 aromatic rings. The Morgan fingerprint density at radius 2 is 2.24 bits per heavy atom. The molecule has 17 heavy (non-hydrogen) atoms. The summed E-state index contributed by atoms with van der Waals surface area (Å²) in [5, 5.41) is 12.3. The minimum Gasteiger partial charge on any atom is -0.342 e. The molecule has 0 spiro atoms. The maximum absolute atomic E-state index is 9.19. The Morgan fingerprint density at radius 1 is 1.59 bits per heavy atom. The smallest absolute Gasteiger partial charge is 0.102 e. The summed E-state index contributed by atoms with van der Waals surface area (Å²) in [6.45, 7) is 12.6. The summed E-state index contributed by atoms with van der Waals surface area (Å²) >= 11 is 3.42. The molecule has 1 N–H and O–H groups in total. The second-order valence-electron chi connectivity index (χ2n) is 4.30. The summed E-state index contributed by atoms with van der Waals surface area (Å²) < 4.78 is 0.894. The fraction of sp³-hybridized carbons (Fsp3) is 0.462. The van der Waals surface area contributed by atoms with Crippen LogP contribution in [0, 0.1) is 23.2 Å². The highest BCUT2D eigenvalue weighted by Crippen LogP contribution is 2.25. The van der Waals surface area contributed by atoms with Crippen LogP contribution < -0.4 is 5.32 Å². The van der Waals surface area contributed by atoms with Gasteiger partial charge in [0.25, 0.3) is 0 Å². The third-order valence-corrected chi connectivity index (χ3v) is 3.77. The van der Waals surface area contributed by atoms with Crippen LogP contribution in [0.15, 0.2) is 35.4 Å². The van der Waals surface area contributed by atoms with Gasteiger partial charge in [0.1, 0.15) is 5.82 Å². The van der Waals surface area contributed by atoms with E-state index >= 15 is 0 Å². The van der Waals surface area contributed by atoms with E-state index in [9.17, 15) is 5.26 Å². The maximum atomic E-state index is 9.19. The third kappa shape index (κ3) is 3.37. The lowest BCUT2D eigenvalue weighted by Crippen LogP contribution is -2.35. The summed E-state index contributed by atoms with van der Waals surface area (Å²) in [5.74, 6) is 1.15. The molecule has 1 aliphatic heterocycles. The zero-order valence-corrected chi connectivity index (χ0v) is 11.9. The van der Waals surface area contributed by atoms with E-state index in [0.29, 0.717) is 12.5 Å². The number of allylic oxidation sites excluding steroid dienone is 1. The van der Waals surface area contributed by atoms with E-state index in [4.69, 9.17) is 0 Å². The van der Waals surface area contributed by atoms with Crippen molar-refractivity contribution in [3.63, 3.8) is 0 Å². The molecule has 0 radical (unpaired) electrons. The van der Waals surface area contributed by atoms with Crippen LogP contribution in [0.25, 0.3) is 0 Å². The fourth-order valence-corrected chi connectivity index (χ4v) is 1.95. The molecule has 0 amide bonds. The molecule has 1 aliphatic rings. The van der Waals surface area contributed by atoms with Crippen molar-refractivity contribution in [3.8, 4) is 6.07 Å². The molecule has 4 heteroatoms. The van der Waals surface area contributed by atoms with Crippen LogP contribution >= 0.6 is 15.9 Å². The number of nitriles is 1. The van der Waals surface area contributed by atoms with Crippen LogP contribution in [0.2, 0.25) is 0 Å². The van der Waals surface area contributed by atoms with E-state index in [1.165, 1.54) is 0 Å². The normalized spacial score (nSPS) is 19.2. The lowest BCUT2D eigenvalue weighted by molar-refractivity contribution is 0.315. The lowest BCUT2D eigenvalue weighted by atomic mass is 9.92. The molecule has 3 nitrogen and oxygen atoms in total. The number of nitrogens with zero attached hydrogens (tertiary/aromatic N) is 2. The summed E-state index contributed by atoms with van der Waals surface area (Å²) in [5.41, 5.74) is 0.795. The number of hydrogen-bond acceptors (Lipinski definition) is 3. The summed E-state index contributed by atoms with van der Waals surface area (Å²) in [4.78, 5) is 1.96. The Hall–Kier alpha value is -1.21. The van der Waals surface area contributed by atoms with Gasteiger partial charge in [-0.15, -0.1) is 0 Å². The van der Waals surface area contributed by atoms with Gasteiger partial charge in [-0.3, -0.25) is 0 Å². The highest BCUT2D eigenvalue weighted by molar-refractivity contribution is 9.12. The molecule has 0 aliphatic carbocycles.